The van der Waals surface area contributed by atoms with Gasteiger partial charge in [0.2, 0.25) is 0 Å². The zero-order valence-electron chi connectivity index (χ0n) is 12.3. The van der Waals surface area contributed by atoms with Crippen molar-refractivity contribution in [3.05, 3.63) is 35.6 Å². The van der Waals surface area contributed by atoms with Crippen molar-refractivity contribution >= 4 is 11.0 Å². The van der Waals surface area contributed by atoms with Crippen LogP contribution in [0.1, 0.15) is 31.2 Å². The van der Waals surface area contributed by atoms with Crippen molar-refractivity contribution in [2.75, 3.05) is 14.1 Å². The van der Waals surface area contributed by atoms with Crippen molar-refractivity contribution in [1.29, 1.82) is 0 Å². The van der Waals surface area contributed by atoms with Gasteiger partial charge in [0.25, 0.3) is 0 Å². The normalized spacial score (nSPS) is 14.3. The Balaban J connectivity index is 2.46. The number of benzene rings is 1. The summed E-state index contributed by atoms with van der Waals surface area (Å²) in [5.74, 6) is 6.61. The van der Waals surface area contributed by atoms with E-state index in [4.69, 9.17) is 10.3 Å². The first-order chi connectivity index (χ1) is 8.86. The molecule has 104 valence electrons. The lowest BCUT2D eigenvalue weighted by Crippen LogP contribution is -2.51. The lowest BCUT2D eigenvalue weighted by molar-refractivity contribution is 0.126. The molecular weight excluding hydrogens is 238 g/mol. The predicted octanol–water partition coefficient (Wildman–Crippen LogP) is 2.59. The van der Waals surface area contributed by atoms with E-state index in [1.807, 2.05) is 20.2 Å². The smallest absolute Gasteiger partial charge is 0.134 e. The fourth-order valence-electron chi connectivity index (χ4n) is 2.22. The summed E-state index contributed by atoms with van der Waals surface area (Å²) in [5.41, 5.74) is 4.85. The van der Waals surface area contributed by atoms with Crippen molar-refractivity contribution in [3.63, 3.8) is 0 Å². The highest BCUT2D eigenvalue weighted by molar-refractivity contribution is 5.78. The van der Waals surface area contributed by atoms with Crippen LogP contribution >= 0.6 is 0 Å². The lowest BCUT2D eigenvalue weighted by atomic mass is 9.91. The maximum atomic E-state index is 5.94. The average molecular weight is 261 g/mol. The van der Waals surface area contributed by atoms with Gasteiger partial charge in [0, 0.05) is 10.9 Å². The van der Waals surface area contributed by atoms with Gasteiger partial charge >= 0.3 is 0 Å². The Hall–Kier alpha value is -1.36. The molecule has 0 radical (unpaired) electrons. The van der Waals surface area contributed by atoms with Crippen LogP contribution in [-0.2, 0) is 0 Å². The van der Waals surface area contributed by atoms with Crippen LogP contribution in [0.4, 0.5) is 0 Å². The minimum absolute atomic E-state index is 0.0739. The third-order valence-corrected chi connectivity index (χ3v) is 4.00. The number of nitrogens with one attached hydrogen (secondary N) is 1. The molecule has 1 aromatic carbocycles. The molecule has 0 saturated carbocycles. The number of fused-ring (bicyclic) bond motifs is 1. The van der Waals surface area contributed by atoms with Crippen LogP contribution in [0.15, 0.2) is 28.7 Å². The highest BCUT2D eigenvalue weighted by Gasteiger charge is 2.34. The minimum atomic E-state index is -0.155. The van der Waals surface area contributed by atoms with Crippen LogP contribution in [0, 0.1) is 6.92 Å². The Morgan fingerprint density at radius 3 is 2.53 bits per heavy atom. The topological polar surface area (TPSA) is 54.4 Å². The van der Waals surface area contributed by atoms with E-state index in [0.717, 1.165) is 16.7 Å². The van der Waals surface area contributed by atoms with Crippen LogP contribution in [0.25, 0.3) is 11.0 Å². The van der Waals surface area contributed by atoms with E-state index in [-0.39, 0.29) is 11.6 Å². The van der Waals surface area contributed by atoms with Gasteiger partial charge in [-0.2, -0.15) is 0 Å². The van der Waals surface area contributed by atoms with Crippen molar-refractivity contribution in [3.8, 4) is 0 Å². The Morgan fingerprint density at radius 2 is 1.95 bits per heavy atom. The molecule has 1 atom stereocenters. The minimum Gasteiger partial charge on any atom is -0.459 e. The fraction of sp³-hybridized carbons (Fsp3) is 0.467. The molecule has 0 fully saturated rings. The number of hydrazine groups is 1. The highest BCUT2D eigenvalue weighted by Crippen LogP contribution is 2.32. The Morgan fingerprint density at radius 1 is 1.26 bits per heavy atom. The van der Waals surface area contributed by atoms with Gasteiger partial charge in [0.1, 0.15) is 11.3 Å². The summed E-state index contributed by atoms with van der Waals surface area (Å²) in [6.07, 6.45) is 0. The van der Waals surface area contributed by atoms with Crippen LogP contribution in [0.3, 0.4) is 0 Å². The zero-order chi connectivity index (χ0) is 14.2. The van der Waals surface area contributed by atoms with Crippen molar-refractivity contribution in [1.82, 2.24) is 10.3 Å². The summed E-state index contributed by atoms with van der Waals surface area (Å²) < 4.78 is 5.94. The zero-order valence-corrected chi connectivity index (χ0v) is 12.3. The number of furan rings is 1. The molecule has 3 N–H and O–H groups in total. The summed E-state index contributed by atoms with van der Waals surface area (Å²) in [6, 6.07) is 8.17. The molecule has 4 heteroatoms. The third kappa shape index (κ3) is 2.52. The van der Waals surface area contributed by atoms with Gasteiger partial charge in [-0.1, -0.05) is 11.6 Å². The maximum Gasteiger partial charge on any atom is 0.134 e. The number of rotatable bonds is 4. The molecule has 1 heterocycles. The van der Waals surface area contributed by atoms with E-state index >= 15 is 0 Å². The molecule has 1 aromatic heterocycles. The Bertz CT molecular complexity index is 572. The van der Waals surface area contributed by atoms with Gasteiger partial charge in [-0.15, -0.1) is 0 Å². The second-order valence-electron chi connectivity index (χ2n) is 5.84. The van der Waals surface area contributed by atoms with Gasteiger partial charge in [-0.25, -0.2) is 5.43 Å². The monoisotopic (exact) mass is 261 g/mol. The molecule has 0 aliphatic heterocycles. The molecule has 0 spiro atoms. The molecule has 4 nitrogen and oxygen atoms in total. The standard InChI is InChI=1S/C15H23N3O/c1-10-6-7-12-11(8-10)9-13(19-12)14(17-16)15(2,3)18(4)5/h6-9,14,17H,16H2,1-5H3. The largest absolute Gasteiger partial charge is 0.459 e. The first kappa shape index (κ1) is 14.1. The lowest BCUT2D eigenvalue weighted by Gasteiger charge is -2.38. The molecule has 0 aliphatic rings. The van der Waals surface area contributed by atoms with Gasteiger partial charge < -0.3 is 9.32 Å². The van der Waals surface area contributed by atoms with Gasteiger partial charge in [-0.3, -0.25) is 5.84 Å². The Kier molecular flexibility index (Phi) is 3.67. The van der Waals surface area contributed by atoms with Crippen molar-refractivity contribution < 1.29 is 4.42 Å². The Labute approximate surface area is 114 Å². The molecule has 19 heavy (non-hydrogen) atoms. The summed E-state index contributed by atoms with van der Waals surface area (Å²) >= 11 is 0. The molecule has 1 unspecified atom stereocenters. The van der Waals surface area contributed by atoms with E-state index in [9.17, 15) is 0 Å². The number of nitrogens with two attached hydrogens (primary N) is 1. The molecule has 0 amide bonds. The third-order valence-electron chi connectivity index (χ3n) is 4.00. The quantitative estimate of drug-likeness (QED) is 0.656. The van der Waals surface area contributed by atoms with Gasteiger partial charge in [0.05, 0.1) is 6.04 Å². The van der Waals surface area contributed by atoms with Crippen molar-refractivity contribution in [2.24, 2.45) is 5.84 Å². The second kappa shape index (κ2) is 4.96. The van der Waals surface area contributed by atoms with Crippen LogP contribution in [-0.4, -0.2) is 24.5 Å². The maximum absolute atomic E-state index is 5.94. The van der Waals surface area contributed by atoms with E-state index < -0.39 is 0 Å². The van der Waals surface area contributed by atoms with Crippen LogP contribution < -0.4 is 11.3 Å². The summed E-state index contributed by atoms with van der Waals surface area (Å²) in [7, 11) is 4.08. The first-order valence-corrected chi connectivity index (χ1v) is 6.50. The number of hydrogen-bond acceptors (Lipinski definition) is 4. The second-order valence-corrected chi connectivity index (χ2v) is 5.84. The molecule has 0 saturated heterocycles. The molecular formula is C15H23N3O. The van der Waals surface area contributed by atoms with Crippen LogP contribution in [0.2, 0.25) is 0 Å². The average Bonchev–Trinajstić information content (AvgIpc) is 2.71. The van der Waals surface area contributed by atoms with E-state index in [1.165, 1.54) is 5.56 Å². The van der Waals surface area contributed by atoms with Crippen LogP contribution in [0.5, 0.6) is 0 Å². The van der Waals surface area contributed by atoms with Gasteiger partial charge in [-0.05, 0) is 53.1 Å². The molecule has 0 bridgehead atoms. The summed E-state index contributed by atoms with van der Waals surface area (Å²) in [4.78, 5) is 2.13. The SMILES string of the molecule is Cc1ccc2oc(C(NN)C(C)(C)N(C)C)cc2c1. The first-order valence-electron chi connectivity index (χ1n) is 6.50. The molecule has 2 rings (SSSR count). The summed E-state index contributed by atoms with van der Waals surface area (Å²) in [5, 5.41) is 1.12. The number of nitrogens with zero attached hydrogens (tertiary/aromatic N) is 1. The summed E-state index contributed by atoms with van der Waals surface area (Å²) in [6.45, 7) is 6.35. The molecule has 0 aliphatic carbocycles. The fourth-order valence-corrected chi connectivity index (χ4v) is 2.22. The number of likely N-dealkylation sites (N-methyl/N-ethyl adjacent to an activating group) is 1. The van der Waals surface area contributed by atoms with Crippen molar-refractivity contribution in [2.45, 2.75) is 32.4 Å². The van der Waals surface area contributed by atoms with E-state index in [2.05, 4.69) is 49.3 Å². The van der Waals surface area contributed by atoms with E-state index in [0.29, 0.717) is 0 Å². The predicted molar refractivity (Wildman–Crippen MR) is 78.8 cm³/mol. The van der Waals surface area contributed by atoms with E-state index in [1.54, 1.807) is 0 Å². The number of hydrogen-bond donors (Lipinski definition) is 2. The number of aryl methyl sites for hydroxylation is 1. The van der Waals surface area contributed by atoms with Gasteiger partial charge in [0.15, 0.2) is 0 Å². The highest BCUT2D eigenvalue weighted by atomic mass is 16.3. The molecule has 2 aromatic rings.